The van der Waals surface area contributed by atoms with Gasteiger partial charge in [-0.05, 0) is 56.2 Å². The van der Waals surface area contributed by atoms with Crippen LogP contribution in [0.4, 0.5) is 10.5 Å². The maximum Gasteiger partial charge on any atom is 0.410 e. The molecule has 1 aliphatic heterocycles. The highest BCUT2D eigenvalue weighted by molar-refractivity contribution is 6.05. The summed E-state index contributed by atoms with van der Waals surface area (Å²) in [6, 6.07) is 12.9. The van der Waals surface area contributed by atoms with E-state index in [-0.39, 0.29) is 5.91 Å². The van der Waals surface area contributed by atoms with E-state index in [9.17, 15) is 9.59 Å². The molecule has 148 valence electrons. The van der Waals surface area contributed by atoms with Crippen molar-refractivity contribution in [3.8, 4) is 5.75 Å². The molecule has 3 rings (SSSR count). The van der Waals surface area contributed by atoms with Crippen LogP contribution in [0, 0.1) is 0 Å². The van der Waals surface area contributed by atoms with Crippen molar-refractivity contribution in [3.05, 3.63) is 59.2 Å². The molecular weight excluding hydrogens is 356 g/mol. The van der Waals surface area contributed by atoms with Crippen LogP contribution in [0.1, 0.15) is 42.3 Å². The average Bonchev–Trinajstić information content (AvgIpc) is 3.09. The number of anilines is 1. The van der Waals surface area contributed by atoms with Gasteiger partial charge in [0.2, 0.25) is 0 Å². The van der Waals surface area contributed by atoms with Crippen molar-refractivity contribution >= 4 is 17.7 Å². The van der Waals surface area contributed by atoms with Crippen LogP contribution in [0.25, 0.3) is 0 Å². The number of carbonyl (C=O) groups excluding carboxylic acids is 2. The molecule has 0 bridgehead atoms. The molecule has 0 saturated heterocycles. The summed E-state index contributed by atoms with van der Waals surface area (Å²) in [4.78, 5) is 26.4. The number of carbonyl (C=O) groups is 2. The van der Waals surface area contributed by atoms with Crippen molar-refractivity contribution in [2.24, 2.45) is 0 Å². The summed E-state index contributed by atoms with van der Waals surface area (Å²) in [5.74, 6) is 0.651. The fourth-order valence-electron chi connectivity index (χ4n) is 2.96. The number of hydrogen-bond acceptors (Lipinski definition) is 4. The zero-order chi connectivity index (χ0) is 20.3. The maximum absolute atomic E-state index is 12.7. The minimum Gasteiger partial charge on any atom is -0.493 e. The summed E-state index contributed by atoms with van der Waals surface area (Å²) in [6.45, 7) is 6.46. The van der Waals surface area contributed by atoms with Crippen LogP contribution in [0.5, 0.6) is 5.75 Å². The topological polar surface area (TPSA) is 67.9 Å². The number of ether oxygens (including phenoxy) is 2. The van der Waals surface area contributed by atoms with Crippen LogP contribution >= 0.6 is 0 Å². The zero-order valence-electron chi connectivity index (χ0n) is 16.7. The van der Waals surface area contributed by atoms with Gasteiger partial charge < -0.3 is 19.7 Å². The predicted octanol–water partition coefficient (Wildman–Crippen LogP) is 4.24. The molecule has 0 unspecified atom stereocenters. The first-order valence-electron chi connectivity index (χ1n) is 9.32. The second kappa shape index (κ2) is 7.92. The molecule has 0 spiro atoms. The molecule has 0 aliphatic carbocycles. The molecule has 0 radical (unpaired) electrons. The number of fused-ring (bicyclic) bond motifs is 1. The van der Waals surface area contributed by atoms with Gasteiger partial charge in [-0.15, -0.1) is 0 Å². The quantitative estimate of drug-likeness (QED) is 0.859. The minimum atomic E-state index is -0.559. The summed E-state index contributed by atoms with van der Waals surface area (Å²) < 4.78 is 10.9. The van der Waals surface area contributed by atoms with Gasteiger partial charge in [0.1, 0.15) is 11.4 Å². The van der Waals surface area contributed by atoms with E-state index in [1.165, 1.54) is 4.90 Å². The fourth-order valence-corrected chi connectivity index (χ4v) is 2.96. The van der Waals surface area contributed by atoms with Crippen molar-refractivity contribution in [2.45, 2.75) is 39.3 Å². The minimum absolute atomic E-state index is 0.193. The van der Waals surface area contributed by atoms with E-state index in [2.05, 4.69) is 5.32 Å². The van der Waals surface area contributed by atoms with Crippen LogP contribution < -0.4 is 10.1 Å². The maximum atomic E-state index is 12.7. The Morgan fingerprint density at radius 1 is 1.18 bits per heavy atom. The first-order valence-corrected chi connectivity index (χ1v) is 9.32. The Hall–Kier alpha value is -3.02. The first-order chi connectivity index (χ1) is 13.2. The van der Waals surface area contributed by atoms with E-state index in [0.717, 1.165) is 23.3 Å². The third-order valence-electron chi connectivity index (χ3n) is 4.33. The number of nitrogens with zero attached hydrogens (tertiary/aromatic N) is 1. The molecule has 6 nitrogen and oxygen atoms in total. The van der Waals surface area contributed by atoms with Crippen LogP contribution in [0.15, 0.2) is 42.5 Å². The second-order valence-electron chi connectivity index (χ2n) is 7.87. The Morgan fingerprint density at radius 3 is 2.68 bits per heavy atom. The van der Waals surface area contributed by atoms with Crippen molar-refractivity contribution in [2.75, 3.05) is 19.0 Å². The standard InChI is InChI=1S/C22H26N2O4/c1-22(2,3)28-21(26)24(4)14-17-7-5-6-8-18(17)23-20(25)16-9-10-19-15(13-16)11-12-27-19/h5-10,13H,11-12,14H2,1-4H3,(H,23,25). The number of hydrogen-bond donors (Lipinski definition) is 1. The Bertz CT molecular complexity index is 886. The molecule has 2 aromatic rings. The highest BCUT2D eigenvalue weighted by Crippen LogP contribution is 2.26. The zero-order valence-corrected chi connectivity index (χ0v) is 16.7. The van der Waals surface area contributed by atoms with E-state index >= 15 is 0 Å². The van der Waals surface area contributed by atoms with E-state index in [0.29, 0.717) is 24.4 Å². The third kappa shape index (κ3) is 4.82. The van der Waals surface area contributed by atoms with E-state index in [1.807, 2.05) is 57.2 Å². The molecule has 1 aliphatic rings. The summed E-state index contributed by atoms with van der Waals surface area (Å²) >= 11 is 0. The predicted molar refractivity (Wildman–Crippen MR) is 108 cm³/mol. The van der Waals surface area contributed by atoms with Crippen molar-refractivity contribution < 1.29 is 19.1 Å². The highest BCUT2D eigenvalue weighted by atomic mass is 16.6. The molecule has 28 heavy (non-hydrogen) atoms. The lowest BCUT2D eigenvalue weighted by atomic mass is 10.1. The van der Waals surface area contributed by atoms with Gasteiger partial charge in [-0.3, -0.25) is 4.79 Å². The lowest BCUT2D eigenvalue weighted by molar-refractivity contribution is 0.0285. The van der Waals surface area contributed by atoms with Gasteiger partial charge in [-0.25, -0.2) is 4.79 Å². The molecule has 1 heterocycles. The molecule has 1 N–H and O–H groups in total. The van der Waals surface area contributed by atoms with Crippen LogP contribution in [-0.4, -0.2) is 36.2 Å². The normalized spacial score (nSPS) is 12.7. The highest BCUT2D eigenvalue weighted by Gasteiger charge is 2.21. The van der Waals surface area contributed by atoms with E-state index < -0.39 is 11.7 Å². The monoisotopic (exact) mass is 382 g/mol. The van der Waals surface area contributed by atoms with Gasteiger partial charge in [-0.2, -0.15) is 0 Å². The smallest absolute Gasteiger partial charge is 0.410 e. The molecule has 2 amide bonds. The van der Waals surface area contributed by atoms with Gasteiger partial charge in [0, 0.05) is 24.7 Å². The second-order valence-corrected chi connectivity index (χ2v) is 7.87. The number of benzene rings is 2. The number of amides is 2. The van der Waals surface area contributed by atoms with Gasteiger partial charge in [-0.1, -0.05) is 18.2 Å². The summed E-state index contributed by atoms with van der Waals surface area (Å²) in [6.07, 6.45) is 0.403. The van der Waals surface area contributed by atoms with Crippen LogP contribution in [-0.2, 0) is 17.7 Å². The van der Waals surface area contributed by atoms with Crippen molar-refractivity contribution in [1.29, 1.82) is 0 Å². The number of rotatable bonds is 4. The Kier molecular flexibility index (Phi) is 5.58. The summed E-state index contributed by atoms with van der Waals surface area (Å²) in [5, 5.41) is 2.95. The average molecular weight is 382 g/mol. The van der Waals surface area contributed by atoms with Gasteiger partial charge in [0.15, 0.2) is 0 Å². The Labute approximate surface area is 165 Å². The van der Waals surface area contributed by atoms with E-state index in [1.54, 1.807) is 13.1 Å². The van der Waals surface area contributed by atoms with Crippen molar-refractivity contribution in [1.82, 2.24) is 4.90 Å². The molecule has 6 heteroatoms. The van der Waals surface area contributed by atoms with Crippen molar-refractivity contribution in [3.63, 3.8) is 0 Å². The Balaban J connectivity index is 1.71. The summed E-state index contributed by atoms with van der Waals surface area (Å²) in [7, 11) is 1.67. The Morgan fingerprint density at radius 2 is 1.93 bits per heavy atom. The van der Waals surface area contributed by atoms with Gasteiger partial charge in [0.05, 0.1) is 13.2 Å². The largest absolute Gasteiger partial charge is 0.493 e. The SMILES string of the molecule is CN(Cc1ccccc1NC(=O)c1ccc2c(c1)CCO2)C(=O)OC(C)(C)C. The molecule has 0 aromatic heterocycles. The fraction of sp³-hybridized carbons (Fsp3) is 0.364. The molecule has 0 atom stereocenters. The molecule has 0 saturated carbocycles. The number of para-hydroxylation sites is 1. The lowest BCUT2D eigenvalue weighted by Crippen LogP contribution is -2.34. The van der Waals surface area contributed by atoms with Crippen LogP contribution in [0.3, 0.4) is 0 Å². The molecule has 2 aromatic carbocycles. The van der Waals surface area contributed by atoms with Gasteiger partial charge >= 0.3 is 6.09 Å². The van der Waals surface area contributed by atoms with Gasteiger partial charge in [0.25, 0.3) is 5.91 Å². The summed E-state index contributed by atoms with van der Waals surface area (Å²) in [5.41, 5.74) is 2.56. The third-order valence-corrected chi connectivity index (χ3v) is 4.33. The number of nitrogens with one attached hydrogen (secondary N) is 1. The van der Waals surface area contributed by atoms with E-state index in [4.69, 9.17) is 9.47 Å². The van der Waals surface area contributed by atoms with Crippen LogP contribution in [0.2, 0.25) is 0 Å². The molecule has 0 fully saturated rings. The molecular formula is C22H26N2O4. The lowest BCUT2D eigenvalue weighted by Gasteiger charge is -2.25. The first kappa shape index (κ1) is 19.7.